The highest BCUT2D eigenvalue weighted by Gasteiger charge is 2.07. The number of aryl methyl sites for hydroxylation is 1. The molecule has 0 aliphatic heterocycles. The summed E-state index contributed by atoms with van der Waals surface area (Å²) in [5.41, 5.74) is 7.27. The van der Waals surface area contributed by atoms with Crippen molar-refractivity contribution in [2.24, 2.45) is 7.05 Å². The van der Waals surface area contributed by atoms with Crippen LogP contribution in [0.2, 0.25) is 0 Å². The van der Waals surface area contributed by atoms with E-state index in [-0.39, 0.29) is 0 Å². The average molecular weight is 242 g/mol. The van der Waals surface area contributed by atoms with Gasteiger partial charge in [0, 0.05) is 13.1 Å². The van der Waals surface area contributed by atoms with Gasteiger partial charge in [-0.2, -0.15) is 5.10 Å². The third kappa shape index (κ3) is 1.44. The maximum Gasteiger partial charge on any atom is 0.197 e. The summed E-state index contributed by atoms with van der Waals surface area (Å²) < 4.78 is 2.54. The molecule has 5 nitrogen and oxygen atoms in total. The lowest BCUT2D eigenvalue weighted by atomic mass is 10.3. The maximum absolute atomic E-state index is 5.46. The lowest BCUT2D eigenvalue weighted by Gasteiger charge is -1.95. The summed E-state index contributed by atoms with van der Waals surface area (Å²) in [5.74, 6) is 0.410. The summed E-state index contributed by atoms with van der Waals surface area (Å²) >= 11 is 3.29. The van der Waals surface area contributed by atoms with Crippen LogP contribution in [0, 0.1) is 0 Å². The second-order valence-electron chi connectivity index (χ2n) is 2.66. The Morgan fingerprint density at radius 2 is 2.38 bits per heavy atom. The van der Waals surface area contributed by atoms with E-state index in [9.17, 15) is 0 Å². The van der Waals surface area contributed by atoms with Crippen LogP contribution in [0.3, 0.4) is 0 Å². The molecule has 0 spiro atoms. The summed E-state index contributed by atoms with van der Waals surface area (Å²) in [5, 5.41) is 4.14. The number of nitrogen functional groups attached to an aromatic ring is 1. The molecule has 0 radical (unpaired) electrons. The molecule has 6 heteroatoms. The molecule has 0 atom stereocenters. The van der Waals surface area contributed by atoms with Crippen molar-refractivity contribution in [1.29, 1.82) is 0 Å². The number of anilines is 1. The minimum atomic E-state index is 0.410. The molecule has 2 aromatic rings. The van der Waals surface area contributed by atoms with E-state index in [1.807, 2.05) is 13.1 Å². The van der Waals surface area contributed by atoms with Crippen molar-refractivity contribution in [2.75, 3.05) is 5.73 Å². The van der Waals surface area contributed by atoms with Crippen LogP contribution in [0.5, 0.6) is 0 Å². The Labute approximate surface area is 83.1 Å². The monoisotopic (exact) mass is 241 g/mol. The number of nitrogens with one attached hydrogen (secondary N) is 1. The Hall–Kier alpha value is -1.30. The normalized spacial score (nSPS) is 10.6. The lowest BCUT2D eigenvalue weighted by Crippen LogP contribution is -1.93. The number of halogens is 1. The minimum Gasteiger partial charge on any atom is -0.369 e. The van der Waals surface area contributed by atoms with E-state index in [0.717, 1.165) is 16.0 Å². The zero-order valence-corrected chi connectivity index (χ0v) is 8.54. The van der Waals surface area contributed by atoms with Crippen LogP contribution < -0.4 is 5.73 Å². The van der Waals surface area contributed by atoms with Crippen LogP contribution in [-0.4, -0.2) is 19.7 Å². The molecular weight excluding hydrogens is 234 g/mol. The highest BCUT2D eigenvalue weighted by molar-refractivity contribution is 9.10. The van der Waals surface area contributed by atoms with Crippen LogP contribution in [0.1, 0.15) is 0 Å². The van der Waals surface area contributed by atoms with Crippen LogP contribution >= 0.6 is 15.9 Å². The first-order valence-electron chi connectivity index (χ1n) is 3.67. The van der Waals surface area contributed by atoms with Gasteiger partial charge in [-0.1, -0.05) is 0 Å². The third-order valence-electron chi connectivity index (χ3n) is 1.72. The van der Waals surface area contributed by atoms with Crippen LogP contribution in [0.4, 0.5) is 5.95 Å². The van der Waals surface area contributed by atoms with Crippen molar-refractivity contribution in [3.63, 3.8) is 0 Å². The van der Waals surface area contributed by atoms with Crippen molar-refractivity contribution in [2.45, 2.75) is 0 Å². The zero-order chi connectivity index (χ0) is 9.42. The van der Waals surface area contributed by atoms with Gasteiger partial charge < -0.3 is 10.7 Å². The highest BCUT2D eigenvalue weighted by atomic mass is 79.9. The van der Waals surface area contributed by atoms with E-state index in [4.69, 9.17) is 5.73 Å². The molecule has 0 aliphatic carbocycles. The maximum atomic E-state index is 5.46. The highest BCUT2D eigenvalue weighted by Crippen LogP contribution is 2.20. The van der Waals surface area contributed by atoms with Gasteiger partial charge in [0.25, 0.3) is 0 Å². The van der Waals surface area contributed by atoms with Crippen molar-refractivity contribution < 1.29 is 0 Å². The van der Waals surface area contributed by atoms with Gasteiger partial charge in [0.1, 0.15) is 4.60 Å². The van der Waals surface area contributed by atoms with E-state index in [2.05, 4.69) is 31.0 Å². The predicted molar refractivity (Wildman–Crippen MR) is 52.9 cm³/mol. The second kappa shape index (κ2) is 2.88. The summed E-state index contributed by atoms with van der Waals surface area (Å²) in [6, 6.07) is 1.90. The predicted octanol–water partition coefficient (Wildman–Crippen LogP) is 1.15. The zero-order valence-electron chi connectivity index (χ0n) is 6.95. The second-order valence-corrected chi connectivity index (χ2v) is 3.47. The minimum absolute atomic E-state index is 0.410. The topological polar surface area (TPSA) is 72.5 Å². The first-order valence-corrected chi connectivity index (χ1v) is 4.46. The van der Waals surface area contributed by atoms with Crippen LogP contribution in [-0.2, 0) is 7.05 Å². The Morgan fingerprint density at radius 1 is 1.62 bits per heavy atom. The molecule has 2 heterocycles. The number of imidazole rings is 1. The van der Waals surface area contributed by atoms with Crippen LogP contribution in [0.15, 0.2) is 16.9 Å². The molecule has 68 valence electrons. The number of rotatable bonds is 1. The molecular formula is C7H8BrN5. The fraction of sp³-hybridized carbons (Fsp3) is 0.143. The van der Waals surface area contributed by atoms with E-state index in [1.54, 1.807) is 10.9 Å². The third-order valence-corrected chi connectivity index (χ3v) is 2.11. The Morgan fingerprint density at radius 3 is 2.85 bits per heavy atom. The van der Waals surface area contributed by atoms with Crippen molar-refractivity contribution in [3.05, 3.63) is 16.9 Å². The smallest absolute Gasteiger partial charge is 0.197 e. The number of H-pyrrole nitrogens is 1. The first kappa shape index (κ1) is 8.31. The number of aromatic amines is 1. The Bertz CT molecular complexity index is 430. The van der Waals surface area contributed by atoms with Gasteiger partial charge in [-0.05, 0) is 15.9 Å². The molecule has 0 bridgehead atoms. The molecule has 2 aromatic heterocycles. The standard InChI is InChI=1S/C7H8BrN5/c1-13-5(2-6(8)12-13)4-3-10-7(9)11-4/h2-3H,1H3,(H3,9,10,11). The van der Waals surface area contributed by atoms with Crippen molar-refractivity contribution in [1.82, 2.24) is 19.7 Å². The Kier molecular flexibility index (Phi) is 1.84. The Balaban J connectivity index is 2.51. The molecule has 13 heavy (non-hydrogen) atoms. The van der Waals surface area contributed by atoms with Crippen molar-refractivity contribution >= 4 is 21.9 Å². The number of hydrogen-bond acceptors (Lipinski definition) is 3. The summed E-state index contributed by atoms with van der Waals surface area (Å²) in [6.07, 6.45) is 1.68. The summed E-state index contributed by atoms with van der Waals surface area (Å²) in [6.45, 7) is 0. The SMILES string of the molecule is Cn1nc(Br)cc1-c1cnc(N)[nH]1. The molecule has 0 saturated heterocycles. The van der Waals surface area contributed by atoms with Gasteiger partial charge in [-0.3, -0.25) is 4.68 Å². The lowest BCUT2D eigenvalue weighted by molar-refractivity contribution is 0.766. The number of hydrogen-bond donors (Lipinski definition) is 2. The molecule has 0 fully saturated rings. The van der Waals surface area contributed by atoms with E-state index >= 15 is 0 Å². The quantitative estimate of drug-likeness (QED) is 0.787. The van der Waals surface area contributed by atoms with Gasteiger partial charge in [0.15, 0.2) is 5.95 Å². The summed E-state index contributed by atoms with van der Waals surface area (Å²) in [7, 11) is 1.86. The average Bonchev–Trinajstić information content (AvgIpc) is 2.58. The van der Waals surface area contributed by atoms with Gasteiger partial charge in [0.2, 0.25) is 0 Å². The van der Waals surface area contributed by atoms with Crippen LogP contribution in [0.25, 0.3) is 11.4 Å². The van der Waals surface area contributed by atoms with E-state index in [0.29, 0.717) is 5.95 Å². The van der Waals surface area contributed by atoms with Crippen molar-refractivity contribution in [3.8, 4) is 11.4 Å². The fourth-order valence-electron chi connectivity index (χ4n) is 1.15. The van der Waals surface area contributed by atoms with Gasteiger partial charge in [-0.15, -0.1) is 0 Å². The van der Waals surface area contributed by atoms with Gasteiger partial charge in [0.05, 0.1) is 17.6 Å². The fourth-order valence-corrected chi connectivity index (χ4v) is 1.61. The molecule has 0 aliphatic rings. The summed E-state index contributed by atoms with van der Waals surface area (Å²) in [4.78, 5) is 6.84. The molecule has 2 rings (SSSR count). The molecule has 0 aromatic carbocycles. The number of nitrogens with zero attached hydrogens (tertiary/aromatic N) is 3. The molecule has 3 N–H and O–H groups in total. The molecule has 0 amide bonds. The first-order chi connectivity index (χ1) is 6.16. The van der Waals surface area contributed by atoms with E-state index in [1.165, 1.54) is 0 Å². The van der Waals surface area contributed by atoms with Gasteiger partial charge in [-0.25, -0.2) is 4.98 Å². The van der Waals surface area contributed by atoms with Gasteiger partial charge >= 0.3 is 0 Å². The number of aromatic nitrogens is 4. The molecule has 0 unspecified atom stereocenters. The largest absolute Gasteiger partial charge is 0.369 e. The van der Waals surface area contributed by atoms with E-state index < -0.39 is 0 Å². The number of nitrogens with two attached hydrogens (primary N) is 1. The molecule has 0 saturated carbocycles.